The first kappa shape index (κ1) is 19.5. The fourth-order valence-electron chi connectivity index (χ4n) is 3.57. The molecule has 1 fully saturated rings. The lowest BCUT2D eigenvalue weighted by Crippen LogP contribution is -2.28. The number of furan rings is 1. The molecule has 6 heteroatoms. The third kappa shape index (κ3) is 4.53. The third-order valence-electron chi connectivity index (χ3n) is 4.88. The molecule has 1 aliphatic rings. The number of aryl methyl sites for hydroxylation is 1. The fraction of sp³-hybridized carbons (Fsp3) is 0.429. The van der Waals surface area contributed by atoms with Gasteiger partial charge >= 0.3 is 0 Å². The maximum atomic E-state index is 5.79. The fourth-order valence-corrected chi connectivity index (χ4v) is 3.57. The highest BCUT2D eigenvalue weighted by molar-refractivity contribution is 5.50. The van der Waals surface area contributed by atoms with Crippen LogP contribution in [-0.2, 0) is 13.0 Å². The second-order valence-corrected chi connectivity index (χ2v) is 6.83. The van der Waals surface area contributed by atoms with Gasteiger partial charge in [-0.15, -0.1) is 6.58 Å². The number of rotatable bonds is 9. The molecule has 3 rings (SSSR count). The van der Waals surface area contributed by atoms with E-state index in [-0.39, 0.29) is 6.04 Å². The second kappa shape index (κ2) is 9.08. The molecule has 2 heterocycles. The van der Waals surface area contributed by atoms with Crippen molar-refractivity contribution in [2.24, 2.45) is 5.92 Å². The maximum absolute atomic E-state index is 5.79. The van der Waals surface area contributed by atoms with E-state index in [1.54, 1.807) is 14.2 Å². The number of benzene rings is 1. The Kier molecular flexibility index (Phi) is 6.55. The normalized spacial score (nSPS) is 19.2. The number of methoxy groups -OCH3 is 2. The first-order chi connectivity index (χ1) is 13.2. The van der Waals surface area contributed by atoms with Gasteiger partial charge in [0.2, 0.25) is 0 Å². The summed E-state index contributed by atoms with van der Waals surface area (Å²) >= 11 is 0. The van der Waals surface area contributed by atoms with Crippen molar-refractivity contribution in [1.82, 2.24) is 16.2 Å². The van der Waals surface area contributed by atoms with E-state index in [1.807, 2.05) is 31.2 Å². The Morgan fingerprint density at radius 1 is 1.30 bits per heavy atom. The highest BCUT2D eigenvalue weighted by Gasteiger charge is 2.30. The Labute approximate surface area is 160 Å². The zero-order valence-electron chi connectivity index (χ0n) is 16.3. The average molecular weight is 371 g/mol. The number of allylic oxidation sites excluding steroid dienone is 1. The summed E-state index contributed by atoms with van der Waals surface area (Å²) in [7, 11) is 3.33. The van der Waals surface area contributed by atoms with Crippen LogP contribution in [0.2, 0.25) is 0 Å². The Hall–Kier alpha value is -2.28. The number of nitrogens with one attached hydrogen (secondary N) is 3. The summed E-state index contributed by atoms with van der Waals surface area (Å²) < 4.78 is 16.8. The zero-order valence-corrected chi connectivity index (χ0v) is 16.3. The topological polar surface area (TPSA) is 67.7 Å². The summed E-state index contributed by atoms with van der Waals surface area (Å²) in [6, 6.07) is 8.40. The summed E-state index contributed by atoms with van der Waals surface area (Å²) in [6.07, 6.45) is 2.62. The Balaban J connectivity index is 1.64. The molecule has 0 bridgehead atoms. The smallest absolute Gasteiger partial charge is 0.164 e. The van der Waals surface area contributed by atoms with Crippen molar-refractivity contribution >= 4 is 0 Å². The Bertz CT molecular complexity index is 772. The Morgan fingerprint density at radius 2 is 2.15 bits per heavy atom. The third-order valence-corrected chi connectivity index (χ3v) is 4.88. The Morgan fingerprint density at radius 3 is 2.81 bits per heavy atom. The monoisotopic (exact) mass is 371 g/mol. The highest BCUT2D eigenvalue weighted by Crippen LogP contribution is 2.33. The van der Waals surface area contributed by atoms with Crippen LogP contribution < -0.4 is 25.6 Å². The molecule has 27 heavy (non-hydrogen) atoms. The van der Waals surface area contributed by atoms with Gasteiger partial charge in [-0.05, 0) is 37.1 Å². The maximum Gasteiger partial charge on any atom is 0.164 e. The van der Waals surface area contributed by atoms with Crippen LogP contribution in [0.4, 0.5) is 0 Å². The molecule has 0 amide bonds. The molecule has 1 aromatic carbocycles. The molecular weight excluding hydrogens is 342 g/mol. The summed E-state index contributed by atoms with van der Waals surface area (Å²) in [5.74, 6) is 3.85. The molecule has 0 spiro atoms. The minimum absolute atomic E-state index is 0.174. The standard InChI is InChI=1S/C21H29N3O3/c1-5-6-16-9-15(10-19(25-3)21(16)26-4)11-22-12-17-13-23-24-20(17)18-8-7-14(2)27-18/h5,7-10,17,20,22-24H,1,6,11-13H2,2-4H3. The predicted molar refractivity (Wildman–Crippen MR) is 106 cm³/mol. The van der Waals surface area contributed by atoms with E-state index >= 15 is 0 Å². The minimum Gasteiger partial charge on any atom is -0.493 e. The molecule has 1 aliphatic heterocycles. The molecule has 0 aliphatic carbocycles. The van der Waals surface area contributed by atoms with Crippen LogP contribution in [0.15, 0.2) is 41.3 Å². The van der Waals surface area contributed by atoms with Gasteiger partial charge in [0.25, 0.3) is 0 Å². The molecular formula is C21H29N3O3. The number of hydrogen-bond acceptors (Lipinski definition) is 6. The number of ether oxygens (including phenoxy) is 2. The van der Waals surface area contributed by atoms with E-state index < -0.39 is 0 Å². The van der Waals surface area contributed by atoms with Crippen LogP contribution in [0, 0.1) is 12.8 Å². The van der Waals surface area contributed by atoms with Crippen molar-refractivity contribution in [3.05, 3.63) is 59.6 Å². The van der Waals surface area contributed by atoms with E-state index in [0.717, 1.165) is 60.2 Å². The van der Waals surface area contributed by atoms with E-state index in [9.17, 15) is 0 Å². The van der Waals surface area contributed by atoms with Gasteiger partial charge in [-0.2, -0.15) is 0 Å². The van der Waals surface area contributed by atoms with Gasteiger partial charge in [-0.3, -0.25) is 5.43 Å². The van der Waals surface area contributed by atoms with E-state index in [0.29, 0.717) is 5.92 Å². The number of hydrogen-bond donors (Lipinski definition) is 3. The largest absolute Gasteiger partial charge is 0.493 e. The van der Waals surface area contributed by atoms with Gasteiger partial charge in [-0.1, -0.05) is 12.1 Å². The van der Waals surface area contributed by atoms with E-state index in [2.05, 4.69) is 28.8 Å². The highest BCUT2D eigenvalue weighted by atomic mass is 16.5. The van der Waals surface area contributed by atoms with Crippen LogP contribution in [0.25, 0.3) is 0 Å². The first-order valence-corrected chi connectivity index (χ1v) is 9.26. The van der Waals surface area contributed by atoms with Crippen LogP contribution in [0.1, 0.15) is 28.7 Å². The summed E-state index contributed by atoms with van der Waals surface area (Å²) in [5, 5.41) is 3.56. The molecule has 6 nitrogen and oxygen atoms in total. The molecule has 2 atom stereocenters. The molecule has 1 saturated heterocycles. The number of hydrazine groups is 1. The van der Waals surface area contributed by atoms with Gasteiger partial charge in [0.1, 0.15) is 11.5 Å². The SMILES string of the molecule is C=CCc1cc(CNCC2CNNC2c2ccc(C)o2)cc(OC)c1OC. The van der Waals surface area contributed by atoms with Crippen molar-refractivity contribution in [2.75, 3.05) is 27.3 Å². The van der Waals surface area contributed by atoms with Gasteiger partial charge in [0.05, 0.1) is 20.3 Å². The molecule has 0 radical (unpaired) electrons. The van der Waals surface area contributed by atoms with Crippen LogP contribution in [0.5, 0.6) is 11.5 Å². The van der Waals surface area contributed by atoms with Crippen molar-refractivity contribution < 1.29 is 13.9 Å². The molecule has 2 aromatic rings. The average Bonchev–Trinajstić information content (AvgIpc) is 3.30. The van der Waals surface area contributed by atoms with Crippen molar-refractivity contribution in [3.63, 3.8) is 0 Å². The summed E-state index contributed by atoms with van der Waals surface area (Å²) in [4.78, 5) is 0. The molecule has 2 unspecified atom stereocenters. The lowest BCUT2D eigenvalue weighted by molar-refractivity contribution is 0.350. The van der Waals surface area contributed by atoms with Crippen LogP contribution in [0.3, 0.4) is 0 Å². The van der Waals surface area contributed by atoms with Gasteiger partial charge < -0.3 is 19.2 Å². The lowest BCUT2D eigenvalue weighted by Gasteiger charge is -2.18. The van der Waals surface area contributed by atoms with Gasteiger partial charge in [-0.25, -0.2) is 5.43 Å². The van der Waals surface area contributed by atoms with Gasteiger partial charge in [0.15, 0.2) is 11.5 Å². The van der Waals surface area contributed by atoms with E-state index in [4.69, 9.17) is 13.9 Å². The zero-order chi connectivity index (χ0) is 19.2. The second-order valence-electron chi connectivity index (χ2n) is 6.83. The predicted octanol–water partition coefficient (Wildman–Crippen LogP) is 2.89. The molecule has 3 N–H and O–H groups in total. The van der Waals surface area contributed by atoms with Crippen molar-refractivity contribution in [1.29, 1.82) is 0 Å². The minimum atomic E-state index is 0.174. The summed E-state index contributed by atoms with van der Waals surface area (Å²) in [6.45, 7) is 8.32. The molecule has 0 saturated carbocycles. The first-order valence-electron chi connectivity index (χ1n) is 9.26. The van der Waals surface area contributed by atoms with Gasteiger partial charge in [0, 0.05) is 31.1 Å². The molecule has 1 aromatic heterocycles. The molecule has 146 valence electrons. The van der Waals surface area contributed by atoms with Crippen molar-refractivity contribution in [2.45, 2.75) is 25.9 Å². The van der Waals surface area contributed by atoms with Crippen LogP contribution >= 0.6 is 0 Å². The van der Waals surface area contributed by atoms with Crippen LogP contribution in [-0.4, -0.2) is 27.3 Å². The van der Waals surface area contributed by atoms with Crippen molar-refractivity contribution in [3.8, 4) is 11.5 Å². The lowest BCUT2D eigenvalue weighted by atomic mass is 9.99. The summed E-state index contributed by atoms with van der Waals surface area (Å²) in [5.41, 5.74) is 8.79. The van der Waals surface area contributed by atoms with E-state index in [1.165, 1.54) is 0 Å². The quantitative estimate of drug-likeness (QED) is 0.589.